The van der Waals surface area contributed by atoms with E-state index in [1.807, 2.05) is 6.92 Å². The Morgan fingerprint density at radius 3 is 1.08 bits per heavy atom. The van der Waals surface area contributed by atoms with Gasteiger partial charge in [0.05, 0.1) is 65.3 Å². The monoisotopic (exact) mass is 1280 g/mol. The van der Waals surface area contributed by atoms with Crippen molar-refractivity contribution in [3.63, 3.8) is 0 Å². The second-order valence-electron chi connectivity index (χ2n) is 18.8. The fourth-order valence-corrected chi connectivity index (χ4v) is 9.53. The number of hydrogen-bond donors (Lipinski definition) is 0. The largest absolute Gasteiger partial charge is 0.864 e. The summed E-state index contributed by atoms with van der Waals surface area (Å²) in [4.78, 5) is 0. The van der Waals surface area contributed by atoms with Gasteiger partial charge in [-0.3, -0.25) is 0 Å². The van der Waals surface area contributed by atoms with Crippen LogP contribution < -0.4 is 14.0 Å². The Balaban J connectivity index is 0.00000121. The van der Waals surface area contributed by atoms with Crippen LogP contribution >= 0.6 is 0 Å². The van der Waals surface area contributed by atoms with Crippen LogP contribution in [0.1, 0.15) is 150 Å². The molecule has 4 aromatic carbocycles. The number of nitrogens with zero attached hydrogens (tertiary/aromatic N) is 1. The first-order chi connectivity index (χ1) is 39.3. The fourth-order valence-electron chi connectivity index (χ4n) is 9.53. The van der Waals surface area contributed by atoms with E-state index < -0.39 is 172 Å². The molecule has 4 aromatic rings. The lowest BCUT2D eigenvalue weighted by molar-refractivity contribution is -1.08. The molecule has 3 atom stereocenters. The average molecular weight is 1280 g/mol. The molecule has 0 saturated carbocycles. The van der Waals surface area contributed by atoms with Crippen molar-refractivity contribution >= 4 is 7.32 Å². The van der Waals surface area contributed by atoms with E-state index in [0.717, 1.165) is 6.42 Å². The van der Waals surface area contributed by atoms with Gasteiger partial charge in [0, 0.05) is 19.3 Å². The number of hydrogen-bond acceptors (Lipinski definition) is 6. The van der Waals surface area contributed by atoms with Crippen LogP contribution in [0, 0.1) is 6.07 Å². The lowest BCUT2D eigenvalue weighted by atomic mass is 9.85. The number of benzene rings is 4. The first kappa shape index (κ1) is 74.8. The molecule has 0 bridgehead atoms. The molecule has 4 rings (SSSR count). The number of alkyl halides is 24. The van der Waals surface area contributed by atoms with E-state index in [9.17, 15) is 92.2 Å². The molecular weight excluding hydrogens is 1230 g/mol. The van der Waals surface area contributed by atoms with Gasteiger partial charge in [-0.05, 0) is 82.1 Å². The minimum absolute atomic E-state index is 0.0521. The van der Waals surface area contributed by atoms with Gasteiger partial charge in [-0.15, -0.1) is 6.07 Å². The molecule has 0 spiro atoms. The Bertz CT molecular complexity index is 2590. The normalized spacial score (nSPS) is 15.2. The third-order valence-electron chi connectivity index (χ3n) is 13.0. The zero-order valence-corrected chi connectivity index (χ0v) is 46.5. The second-order valence-corrected chi connectivity index (χ2v) is 18.8. The second kappa shape index (κ2) is 29.2. The third-order valence-corrected chi connectivity index (χ3v) is 13.0. The first-order valence-corrected chi connectivity index (χ1v) is 26.2. The lowest BCUT2D eigenvalue weighted by Crippen LogP contribution is -2.74. The Morgan fingerprint density at radius 1 is 0.407 bits per heavy atom. The highest BCUT2D eigenvalue weighted by atomic mass is 19.4. The molecule has 0 saturated heterocycles. The van der Waals surface area contributed by atoms with Gasteiger partial charge in [0.15, 0.2) is 12.5 Å². The Hall–Kier alpha value is -5.50. The van der Waals surface area contributed by atoms with Crippen LogP contribution in [-0.4, -0.2) is 50.6 Å². The van der Waals surface area contributed by atoms with E-state index in [4.69, 9.17) is 28.2 Å². The standard InChI is InChI=1S/C46H55BF18NO6.C8H3F6/c1-8-15-16-17-18-19-66(37(9-2)67-12-5,38(10-3)68-13-6)40(11-4,69-14-7)39-35(46(63,64)65)26-32(45(60,61)62)27-36(39)72-47(70-33-22-28(41(48,49)50)20-29(23-33)42(51,52)53)71-34-24-30(43(54,55)56)21-31(25-34)44(57,58)59;9-7(10,11)5-2-1-3-6(4-5)8(12,13)14/h20-27,37-38H,8-19H2,1-7H3;2-4H/q+1;-1. The summed E-state index contributed by atoms with van der Waals surface area (Å²) in [6, 6.07) is 0.872. The summed E-state index contributed by atoms with van der Waals surface area (Å²) < 4.78 is 368. The zero-order chi connectivity index (χ0) is 65.9. The maximum Gasteiger partial charge on any atom is 0.864 e. The van der Waals surface area contributed by atoms with Crippen LogP contribution in [0.4, 0.5) is 105 Å². The van der Waals surface area contributed by atoms with Crippen LogP contribution in [0.25, 0.3) is 0 Å². The van der Waals surface area contributed by atoms with E-state index in [-0.39, 0.29) is 81.5 Å². The number of halogens is 24. The Labute approximate surface area is 478 Å². The predicted octanol–water partition coefficient (Wildman–Crippen LogP) is 19.8. The quantitative estimate of drug-likeness (QED) is 0.0165. The molecule has 0 aromatic heterocycles. The number of unbranched alkanes of at least 4 members (excludes halogenated alkanes) is 4. The SMILES string of the molecule is CCCCCCC[N+](C(CC)OCC)(C(CC)OCC)C(CC)(OCC)c1c(OB(Oc2cc(C(F)(F)F)cc(C(F)(F)F)c2)Oc2cc(C(F)(F)F)cc(C(F)(F)F)c2)cc(C(F)(F)F)cc1C(F)(F)F.FC(F)(F)c1c[c-]cc(C(F)(F)F)c1. The van der Waals surface area contributed by atoms with Gasteiger partial charge in [-0.2, -0.15) is 124 Å². The van der Waals surface area contributed by atoms with Gasteiger partial charge in [0.2, 0.25) is 5.72 Å². The highest BCUT2D eigenvalue weighted by Crippen LogP contribution is 2.55. The van der Waals surface area contributed by atoms with E-state index in [2.05, 4.69) is 0 Å². The van der Waals surface area contributed by atoms with Crippen molar-refractivity contribution in [3.05, 3.63) is 123 Å². The minimum Gasteiger partial charge on any atom is -0.490 e. The molecule has 0 amide bonds. The molecule has 3 unspecified atom stereocenters. The summed E-state index contributed by atoms with van der Waals surface area (Å²) >= 11 is 0. The number of ether oxygens (including phenoxy) is 3. The number of quaternary nitrogens is 1. The molecule has 486 valence electrons. The van der Waals surface area contributed by atoms with E-state index in [1.165, 1.54) is 27.7 Å². The topological polar surface area (TPSA) is 55.4 Å². The third kappa shape index (κ3) is 19.3. The lowest BCUT2D eigenvalue weighted by Gasteiger charge is -2.59. The summed E-state index contributed by atoms with van der Waals surface area (Å²) in [5, 5.41) is 0. The molecule has 0 aliphatic rings. The van der Waals surface area contributed by atoms with Gasteiger partial charge in [-0.1, -0.05) is 58.1 Å². The Morgan fingerprint density at radius 2 is 0.767 bits per heavy atom. The van der Waals surface area contributed by atoms with Crippen molar-refractivity contribution < 1.29 is 138 Å². The number of rotatable bonds is 25. The fraction of sp³-hybridized carbons (Fsp3) is 0.556. The van der Waals surface area contributed by atoms with Crippen molar-refractivity contribution in [1.82, 2.24) is 0 Å². The highest BCUT2D eigenvalue weighted by Gasteiger charge is 2.64. The molecule has 0 aliphatic heterocycles. The van der Waals surface area contributed by atoms with Gasteiger partial charge < -0.3 is 28.2 Å². The van der Waals surface area contributed by atoms with Crippen molar-refractivity contribution in [1.29, 1.82) is 0 Å². The van der Waals surface area contributed by atoms with Gasteiger partial charge >= 0.3 is 56.7 Å². The van der Waals surface area contributed by atoms with Crippen molar-refractivity contribution in [2.75, 3.05) is 26.4 Å². The van der Waals surface area contributed by atoms with Crippen molar-refractivity contribution in [2.45, 2.75) is 167 Å². The van der Waals surface area contributed by atoms with Crippen LogP contribution in [0.3, 0.4) is 0 Å². The summed E-state index contributed by atoms with van der Waals surface area (Å²) in [7, 11) is -3.42. The van der Waals surface area contributed by atoms with Crippen LogP contribution in [0.15, 0.2) is 66.7 Å². The summed E-state index contributed by atoms with van der Waals surface area (Å²) in [6.07, 6.45) is -44.4. The molecule has 0 heterocycles. The average Bonchev–Trinajstić information content (AvgIpc) is 0.712. The summed E-state index contributed by atoms with van der Waals surface area (Å²) in [6.45, 7) is 9.74. The molecule has 0 fully saturated rings. The van der Waals surface area contributed by atoms with Gasteiger partial charge in [-0.25, -0.2) is 4.48 Å². The maximum absolute atomic E-state index is 16.0. The molecular formula is C54H58BF24NO6. The summed E-state index contributed by atoms with van der Waals surface area (Å²) in [5.41, 5.74) is -19.6. The van der Waals surface area contributed by atoms with E-state index >= 15 is 13.2 Å². The van der Waals surface area contributed by atoms with Gasteiger partial charge in [0.1, 0.15) is 17.2 Å². The maximum atomic E-state index is 16.0. The smallest absolute Gasteiger partial charge is 0.490 e. The first-order valence-electron chi connectivity index (χ1n) is 26.2. The highest BCUT2D eigenvalue weighted by molar-refractivity contribution is 6.39. The van der Waals surface area contributed by atoms with E-state index in [0.29, 0.717) is 31.4 Å². The van der Waals surface area contributed by atoms with Crippen LogP contribution in [0.5, 0.6) is 17.2 Å². The van der Waals surface area contributed by atoms with Gasteiger partial charge in [0.25, 0.3) is 0 Å². The van der Waals surface area contributed by atoms with Crippen LogP contribution in [-0.2, 0) is 69.3 Å². The molecule has 32 heteroatoms. The predicted molar refractivity (Wildman–Crippen MR) is 261 cm³/mol. The summed E-state index contributed by atoms with van der Waals surface area (Å²) in [5.74, 6) is -4.92. The molecule has 0 aliphatic carbocycles. The molecule has 86 heavy (non-hydrogen) atoms. The molecule has 7 nitrogen and oxygen atoms in total. The van der Waals surface area contributed by atoms with Crippen molar-refractivity contribution in [3.8, 4) is 17.2 Å². The van der Waals surface area contributed by atoms with Crippen LogP contribution in [0.2, 0.25) is 0 Å². The zero-order valence-electron chi connectivity index (χ0n) is 46.5. The minimum atomic E-state index is -5.85. The van der Waals surface area contributed by atoms with Crippen molar-refractivity contribution in [2.24, 2.45) is 0 Å². The van der Waals surface area contributed by atoms with E-state index in [1.54, 1.807) is 19.9 Å². The molecule has 0 N–H and O–H groups in total. The molecule has 0 radical (unpaired) electrons. The Kier molecular flexibility index (Phi) is 25.4.